The van der Waals surface area contributed by atoms with Crippen LogP contribution >= 0.6 is 0 Å². The van der Waals surface area contributed by atoms with Gasteiger partial charge in [0.05, 0.1) is 0 Å². The summed E-state index contributed by atoms with van der Waals surface area (Å²) in [6.45, 7) is 8.15. The minimum Gasteiger partial charge on any atom is -0.361 e. The Hall–Kier alpha value is -1.57. The van der Waals surface area contributed by atoms with Crippen LogP contribution in [-0.2, 0) is 11.2 Å². The molecule has 0 unspecified atom stereocenters. The summed E-state index contributed by atoms with van der Waals surface area (Å²) in [5, 5.41) is 1.36. The molecular formula is C16H21NO. The second-order valence-corrected chi connectivity index (χ2v) is 5.25. The molecule has 1 N–H and O–H groups in total. The van der Waals surface area contributed by atoms with Gasteiger partial charge in [-0.2, -0.15) is 0 Å². The summed E-state index contributed by atoms with van der Waals surface area (Å²) in [6, 6.07) is 2.23. The number of aromatic nitrogens is 1. The molecule has 2 nitrogen and oxygen atoms in total. The van der Waals surface area contributed by atoms with Crippen LogP contribution in [0.3, 0.4) is 0 Å². The lowest BCUT2D eigenvalue weighted by Crippen LogP contribution is -1.93. The molecule has 0 fully saturated rings. The van der Waals surface area contributed by atoms with E-state index in [-0.39, 0.29) is 5.78 Å². The Bertz CT molecular complexity index is 593. The molecule has 2 rings (SSSR count). The number of carbonyl (C=O) groups excluding carboxylic acids is 1. The van der Waals surface area contributed by atoms with Crippen molar-refractivity contribution in [2.24, 2.45) is 0 Å². The third-order valence-electron chi connectivity index (χ3n) is 3.73. The van der Waals surface area contributed by atoms with E-state index < -0.39 is 0 Å². The second-order valence-electron chi connectivity index (χ2n) is 5.25. The predicted octanol–water partition coefficient (Wildman–Crippen LogP) is 4.00. The summed E-state index contributed by atoms with van der Waals surface area (Å²) < 4.78 is 0. The lowest BCUT2D eigenvalue weighted by atomic mass is 9.97. The maximum atomic E-state index is 11.0. The van der Waals surface area contributed by atoms with Gasteiger partial charge >= 0.3 is 0 Å². The number of fused-ring (bicyclic) bond motifs is 1. The molecule has 2 heteroatoms. The van der Waals surface area contributed by atoms with Gasteiger partial charge in [0.2, 0.25) is 0 Å². The second kappa shape index (κ2) is 4.97. The van der Waals surface area contributed by atoms with Crippen molar-refractivity contribution < 1.29 is 4.79 Å². The Morgan fingerprint density at radius 3 is 2.61 bits per heavy atom. The van der Waals surface area contributed by atoms with Crippen LogP contribution in [-0.4, -0.2) is 10.8 Å². The number of hydrogen-bond acceptors (Lipinski definition) is 1. The third kappa shape index (κ3) is 2.33. The molecule has 0 bridgehead atoms. The first-order valence-electron chi connectivity index (χ1n) is 6.57. The van der Waals surface area contributed by atoms with Gasteiger partial charge in [-0.15, -0.1) is 0 Å². The number of aromatic amines is 1. The molecule has 0 aliphatic heterocycles. The van der Waals surface area contributed by atoms with Gasteiger partial charge in [-0.3, -0.25) is 0 Å². The van der Waals surface area contributed by atoms with E-state index in [1.807, 2.05) is 0 Å². The first-order valence-corrected chi connectivity index (χ1v) is 6.57. The van der Waals surface area contributed by atoms with E-state index in [2.05, 4.69) is 38.0 Å². The number of rotatable bonds is 4. The van der Waals surface area contributed by atoms with Gasteiger partial charge in [-0.05, 0) is 62.8 Å². The number of benzene rings is 1. The standard InChI is InChI=1S/C16H21NO/c1-10-8-11(2)16-15(13(10)4)14(9-17-16)7-5-6-12(3)18/h8-9,17H,5-7H2,1-4H3. The van der Waals surface area contributed by atoms with Gasteiger partial charge in [0, 0.05) is 23.5 Å². The molecule has 0 aliphatic rings. The maximum absolute atomic E-state index is 11.0. The summed E-state index contributed by atoms with van der Waals surface area (Å²) >= 11 is 0. The number of ketones is 1. The minimum atomic E-state index is 0.277. The molecule has 0 radical (unpaired) electrons. The van der Waals surface area contributed by atoms with Crippen molar-refractivity contribution in [1.82, 2.24) is 4.98 Å². The molecule has 0 atom stereocenters. The Labute approximate surface area is 108 Å². The highest BCUT2D eigenvalue weighted by Gasteiger charge is 2.10. The van der Waals surface area contributed by atoms with Crippen molar-refractivity contribution in [2.75, 3.05) is 0 Å². The summed E-state index contributed by atoms with van der Waals surface area (Å²) in [5.41, 5.74) is 6.58. The Morgan fingerprint density at radius 2 is 1.94 bits per heavy atom. The highest BCUT2D eigenvalue weighted by Crippen LogP contribution is 2.28. The van der Waals surface area contributed by atoms with Gasteiger partial charge in [0.1, 0.15) is 5.78 Å². The van der Waals surface area contributed by atoms with Crippen LogP contribution in [0.4, 0.5) is 0 Å². The summed E-state index contributed by atoms with van der Waals surface area (Å²) in [5.74, 6) is 0.277. The summed E-state index contributed by atoms with van der Waals surface area (Å²) in [4.78, 5) is 14.4. The Kier molecular flexibility index (Phi) is 3.55. The topological polar surface area (TPSA) is 32.9 Å². The molecule has 18 heavy (non-hydrogen) atoms. The fraction of sp³-hybridized carbons (Fsp3) is 0.438. The van der Waals surface area contributed by atoms with Crippen molar-refractivity contribution in [2.45, 2.75) is 47.0 Å². The Morgan fingerprint density at radius 1 is 1.22 bits per heavy atom. The van der Waals surface area contributed by atoms with Crippen LogP contribution in [0.25, 0.3) is 10.9 Å². The van der Waals surface area contributed by atoms with Crippen LogP contribution in [0.2, 0.25) is 0 Å². The van der Waals surface area contributed by atoms with Crippen LogP contribution in [0.5, 0.6) is 0 Å². The molecule has 1 aromatic heterocycles. The van der Waals surface area contributed by atoms with E-state index in [1.165, 1.54) is 33.2 Å². The van der Waals surface area contributed by atoms with Gasteiger partial charge in [0.15, 0.2) is 0 Å². The molecule has 0 saturated carbocycles. The number of H-pyrrole nitrogens is 1. The molecule has 0 saturated heterocycles. The van der Waals surface area contributed by atoms with Crippen LogP contribution in [0, 0.1) is 20.8 Å². The zero-order valence-electron chi connectivity index (χ0n) is 11.7. The van der Waals surface area contributed by atoms with Gasteiger partial charge in [0.25, 0.3) is 0 Å². The molecule has 0 aliphatic carbocycles. The highest BCUT2D eigenvalue weighted by molar-refractivity contribution is 5.90. The Balaban J connectivity index is 2.37. The van der Waals surface area contributed by atoms with Crippen molar-refractivity contribution in [3.8, 4) is 0 Å². The van der Waals surface area contributed by atoms with E-state index in [4.69, 9.17) is 0 Å². The number of nitrogens with one attached hydrogen (secondary N) is 1. The van der Waals surface area contributed by atoms with Gasteiger partial charge in [-0.1, -0.05) is 6.07 Å². The van der Waals surface area contributed by atoms with Crippen LogP contribution in [0.15, 0.2) is 12.3 Å². The SMILES string of the molecule is CC(=O)CCCc1c[nH]c2c(C)cc(C)c(C)c12. The predicted molar refractivity (Wildman–Crippen MR) is 76.1 cm³/mol. The first-order chi connectivity index (χ1) is 8.50. The lowest BCUT2D eigenvalue weighted by Gasteiger charge is -2.07. The zero-order valence-corrected chi connectivity index (χ0v) is 11.7. The molecule has 2 aromatic rings. The fourth-order valence-electron chi connectivity index (χ4n) is 2.63. The van der Waals surface area contributed by atoms with Crippen LogP contribution in [0.1, 0.15) is 42.0 Å². The molecule has 96 valence electrons. The zero-order chi connectivity index (χ0) is 13.3. The first kappa shape index (κ1) is 12.9. The average molecular weight is 243 g/mol. The molecule has 0 amide bonds. The lowest BCUT2D eigenvalue weighted by molar-refractivity contribution is -0.117. The molecule has 1 heterocycles. The van der Waals surface area contributed by atoms with Crippen molar-refractivity contribution in [1.29, 1.82) is 0 Å². The van der Waals surface area contributed by atoms with Crippen LogP contribution < -0.4 is 0 Å². The quantitative estimate of drug-likeness (QED) is 0.864. The van der Waals surface area contributed by atoms with E-state index in [9.17, 15) is 4.79 Å². The van der Waals surface area contributed by atoms with E-state index >= 15 is 0 Å². The summed E-state index contributed by atoms with van der Waals surface area (Å²) in [6.07, 6.45) is 4.69. The third-order valence-corrected chi connectivity index (χ3v) is 3.73. The highest BCUT2D eigenvalue weighted by atomic mass is 16.1. The van der Waals surface area contributed by atoms with Crippen molar-refractivity contribution in [3.63, 3.8) is 0 Å². The smallest absolute Gasteiger partial charge is 0.129 e. The summed E-state index contributed by atoms with van der Waals surface area (Å²) in [7, 11) is 0. The fourth-order valence-corrected chi connectivity index (χ4v) is 2.63. The van der Waals surface area contributed by atoms with Crippen molar-refractivity contribution in [3.05, 3.63) is 34.5 Å². The van der Waals surface area contributed by atoms with Gasteiger partial charge < -0.3 is 9.78 Å². The largest absolute Gasteiger partial charge is 0.361 e. The number of aryl methyl sites for hydroxylation is 4. The molecular weight excluding hydrogens is 222 g/mol. The normalized spacial score (nSPS) is 11.1. The molecule has 0 spiro atoms. The monoisotopic (exact) mass is 243 g/mol. The van der Waals surface area contributed by atoms with E-state index in [0.29, 0.717) is 6.42 Å². The van der Waals surface area contributed by atoms with E-state index in [1.54, 1.807) is 6.92 Å². The number of Topliss-reactive ketones (excluding diaryl/α,β-unsaturated/α-hetero) is 1. The van der Waals surface area contributed by atoms with E-state index in [0.717, 1.165) is 12.8 Å². The maximum Gasteiger partial charge on any atom is 0.129 e. The minimum absolute atomic E-state index is 0.277. The number of carbonyl (C=O) groups is 1. The number of hydrogen-bond donors (Lipinski definition) is 1. The van der Waals surface area contributed by atoms with Gasteiger partial charge in [-0.25, -0.2) is 0 Å². The molecule has 1 aromatic carbocycles. The average Bonchev–Trinajstić information content (AvgIpc) is 2.70. The van der Waals surface area contributed by atoms with Crippen molar-refractivity contribution >= 4 is 16.7 Å².